The van der Waals surface area contributed by atoms with Crippen molar-refractivity contribution < 1.29 is 14.3 Å². The number of fused-ring (bicyclic) bond motifs is 1. The van der Waals surface area contributed by atoms with Crippen LogP contribution >= 0.6 is 0 Å². The van der Waals surface area contributed by atoms with Gasteiger partial charge in [0.15, 0.2) is 0 Å². The molecule has 1 aromatic carbocycles. The molecule has 0 aliphatic carbocycles. The van der Waals surface area contributed by atoms with Crippen LogP contribution in [0.4, 0.5) is 0 Å². The van der Waals surface area contributed by atoms with E-state index in [-0.39, 0.29) is 23.5 Å². The lowest BCUT2D eigenvalue weighted by Crippen LogP contribution is -2.42. The fraction of sp³-hybridized carbons (Fsp3) is 0.562. The smallest absolute Gasteiger partial charge is 0.223 e. The average Bonchev–Trinajstić information content (AvgIpc) is 2.36. The molecule has 4 nitrogen and oxygen atoms in total. The molecule has 0 bridgehead atoms. The summed E-state index contributed by atoms with van der Waals surface area (Å²) in [5.74, 6) is 1.59. The molecule has 20 heavy (non-hydrogen) atoms. The lowest BCUT2D eigenvalue weighted by atomic mass is 9.89. The summed E-state index contributed by atoms with van der Waals surface area (Å²) < 4.78 is 11.2. The quantitative estimate of drug-likeness (QED) is 0.923. The van der Waals surface area contributed by atoms with Gasteiger partial charge in [-0.1, -0.05) is 13.8 Å². The maximum atomic E-state index is 12.0. The second kappa shape index (κ2) is 5.35. The van der Waals surface area contributed by atoms with E-state index in [1.165, 1.54) is 0 Å². The molecule has 1 amide bonds. The van der Waals surface area contributed by atoms with E-state index in [0.717, 1.165) is 23.5 Å². The largest absolute Gasteiger partial charge is 0.497 e. The van der Waals surface area contributed by atoms with E-state index in [1.54, 1.807) is 7.11 Å². The van der Waals surface area contributed by atoms with E-state index >= 15 is 0 Å². The number of methoxy groups -OCH3 is 1. The third kappa shape index (κ3) is 3.06. The Balaban J connectivity index is 2.33. The number of nitrogens with one attached hydrogen (secondary N) is 1. The van der Waals surface area contributed by atoms with E-state index < -0.39 is 0 Å². The highest BCUT2D eigenvalue weighted by Crippen LogP contribution is 2.41. The summed E-state index contributed by atoms with van der Waals surface area (Å²) in [5, 5.41) is 3.11. The van der Waals surface area contributed by atoms with Crippen molar-refractivity contribution in [2.24, 2.45) is 5.92 Å². The Kier molecular flexibility index (Phi) is 3.93. The molecule has 0 unspecified atom stereocenters. The second-order valence-corrected chi connectivity index (χ2v) is 6.19. The Hall–Kier alpha value is -1.71. The van der Waals surface area contributed by atoms with Gasteiger partial charge in [0.2, 0.25) is 5.91 Å². The molecule has 2 rings (SSSR count). The highest BCUT2D eigenvalue weighted by molar-refractivity contribution is 5.78. The molecule has 110 valence electrons. The topological polar surface area (TPSA) is 47.6 Å². The van der Waals surface area contributed by atoms with Crippen LogP contribution in [0.15, 0.2) is 18.2 Å². The third-order valence-corrected chi connectivity index (χ3v) is 3.52. The Morgan fingerprint density at radius 2 is 2.15 bits per heavy atom. The van der Waals surface area contributed by atoms with Crippen molar-refractivity contribution in [3.05, 3.63) is 23.8 Å². The summed E-state index contributed by atoms with van der Waals surface area (Å²) in [5.41, 5.74) is 0.702. The van der Waals surface area contributed by atoms with Crippen molar-refractivity contribution in [3.8, 4) is 11.5 Å². The first-order valence-electron chi connectivity index (χ1n) is 7.00. The standard InChI is InChI=1S/C16H23NO3/c1-10(2)15(18)17-13-9-16(3,4)20-14-8-11(19-5)6-7-12(13)14/h6-8,10,13H,9H2,1-5H3,(H,17,18)/t13-/m0/s1. The van der Waals surface area contributed by atoms with Crippen molar-refractivity contribution in [3.63, 3.8) is 0 Å². The van der Waals surface area contributed by atoms with E-state index in [1.807, 2.05) is 45.9 Å². The average molecular weight is 277 g/mol. The van der Waals surface area contributed by atoms with E-state index in [4.69, 9.17) is 9.47 Å². The summed E-state index contributed by atoms with van der Waals surface area (Å²) in [7, 11) is 1.63. The van der Waals surface area contributed by atoms with Gasteiger partial charge in [0.05, 0.1) is 13.2 Å². The summed E-state index contributed by atoms with van der Waals surface area (Å²) >= 11 is 0. The van der Waals surface area contributed by atoms with Gasteiger partial charge >= 0.3 is 0 Å². The molecule has 4 heteroatoms. The van der Waals surface area contributed by atoms with E-state index in [2.05, 4.69) is 5.32 Å². The van der Waals surface area contributed by atoms with Crippen LogP contribution in [-0.2, 0) is 4.79 Å². The molecule has 1 aromatic rings. The molecule has 0 saturated carbocycles. The van der Waals surface area contributed by atoms with Crippen molar-refractivity contribution in [1.29, 1.82) is 0 Å². The van der Waals surface area contributed by atoms with Gasteiger partial charge in [0.1, 0.15) is 17.1 Å². The number of hydrogen-bond acceptors (Lipinski definition) is 3. The van der Waals surface area contributed by atoms with Gasteiger partial charge in [-0.3, -0.25) is 4.79 Å². The van der Waals surface area contributed by atoms with Gasteiger partial charge in [-0.25, -0.2) is 0 Å². The maximum absolute atomic E-state index is 12.0. The Bertz CT molecular complexity index is 508. The molecule has 1 heterocycles. The predicted octanol–water partition coefficient (Wildman–Crippen LogP) is 3.07. The highest BCUT2D eigenvalue weighted by atomic mass is 16.5. The van der Waals surface area contributed by atoms with Gasteiger partial charge in [0.25, 0.3) is 0 Å². The molecule has 1 N–H and O–H groups in total. The first kappa shape index (κ1) is 14.7. The van der Waals surface area contributed by atoms with Crippen LogP contribution in [0.1, 0.15) is 45.7 Å². The Morgan fingerprint density at radius 3 is 2.75 bits per heavy atom. The lowest BCUT2D eigenvalue weighted by molar-refractivity contribution is -0.125. The van der Waals surface area contributed by atoms with Crippen molar-refractivity contribution in [2.45, 2.75) is 45.8 Å². The molecule has 0 fully saturated rings. The zero-order valence-corrected chi connectivity index (χ0v) is 12.8. The number of rotatable bonds is 3. The zero-order chi connectivity index (χ0) is 14.9. The minimum Gasteiger partial charge on any atom is -0.497 e. The fourth-order valence-electron chi connectivity index (χ4n) is 2.43. The number of hydrogen-bond donors (Lipinski definition) is 1. The Labute approximate surface area is 120 Å². The van der Waals surface area contributed by atoms with Crippen molar-refractivity contribution >= 4 is 5.91 Å². The molecule has 1 aliphatic rings. The van der Waals surface area contributed by atoms with Crippen LogP contribution in [-0.4, -0.2) is 18.6 Å². The number of ether oxygens (including phenoxy) is 2. The molecule has 1 atom stereocenters. The minimum atomic E-state index is -0.311. The second-order valence-electron chi connectivity index (χ2n) is 6.19. The molecule has 0 saturated heterocycles. The van der Waals surface area contributed by atoms with Gasteiger partial charge in [-0.05, 0) is 26.0 Å². The normalized spacial score (nSPS) is 20.0. The SMILES string of the molecule is COc1ccc2c(c1)OC(C)(C)C[C@@H]2NC(=O)C(C)C. The van der Waals surface area contributed by atoms with Crippen LogP contribution in [0.5, 0.6) is 11.5 Å². The molecule has 0 radical (unpaired) electrons. The van der Waals surface area contributed by atoms with Crippen LogP contribution < -0.4 is 14.8 Å². The first-order valence-corrected chi connectivity index (χ1v) is 7.00. The number of carbonyl (C=O) groups is 1. The first-order chi connectivity index (χ1) is 9.32. The van der Waals surface area contributed by atoms with Crippen LogP contribution in [0, 0.1) is 5.92 Å². The maximum Gasteiger partial charge on any atom is 0.223 e. The van der Waals surface area contributed by atoms with Crippen LogP contribution in [0.3, 0.4) is 0 Å². The Morgan fingerprint density at radius 1 is 1.45 bits per heavy atom. The van der Waals surface area contributed by atoms with Crippen molar-refractivity contribution in [1.82, 2.24) is 5.32 Å². The zero-order valence-electron chi connectivity index (χ0n) is 12.8. The van der Waals surface area contributed by atoms with Gasteiger partial charge in [-0.15, -0.1) is 0 Å². The van der Waals surface area contributed by atoms with Gasteiger partial charge < -0.3 is 14.8 Å². The molecular weight excluding hydrogens is 254 g/mol. The third-order valence-electron chi connectivity index (χ3n) is 3.52. The minimum absolute atomic E-state index is 0.0189. The van der Waals surface area contributed by atoms with Gasteiger partial charge in [-0.2, -0.15) is 0 Å². The number of benzene rings is 1. The van der Waals surface area contributed by atoms with Crippen LogP contribution in [0.2, 0.25) is 0 Å². The molecule has 1 aliphatic heterocycles. The summed E-state index contributed by atoms with van der Waals surface area (Å²) in [4.78, 5) is 12.0. The predicted molar refractivity (Wildman–Crippen MR) is 78.0 cm³/mol. The van der Waals surface area contributed by atoms with E-state index in [0.29, 0.717) is 0 Å². The van der Waals surface area contributed by atoms with Crippen LogP contribution in [0.25, 0.3) is 0 Å². The number of carbonyl (C=O) groups excluding carboxylic acids is 1. The molecule has 0 aromatic heterocycles. The monoisotopic (exact) mass is 277 g/mol. The summed E-state index contributed by atoms with van der Waals surface area (Å²) in [6, 6.07) is 5.73. The fourth-order valence-corrected chi connectivity index (χ4v) is 2.43. The number of amides is 1. The molecular formula is C16H23NO3. The molecule has 0 spiro atoms. The summed E-state index contributed by atoms with van der Waals surface area (Å²) in [6.45, 7) is 7.86. The van der Waals surface area contributed by atoms with E-state index in [9.17, 15) is 4.79 Å². The lowest BCUT2D eigenvalue weighted by Gasteiger charge is -2.38. The summed E-state index contributed by atoms with van der Waals surface area (Å²) in [6.07, 6.45) is 0.755. The van der Waals surface area contributed by atoms with Gasteiger partial charge in [0, 0.05) is 24.0 Å². The highest BCUT2D eigenvalue weighted by Gasteiger charge is 2.35. The van der Waals surface area contributed by atoms with Crippen molar-refractivity contribution in [2.75, 3.05) is 7.11 Å².